The molecule has 8 heteroatoms. The number of nitrogens with one attached hydrogen (secondary N) is 1. The zero-order chi connectivity index (χ0) is 21.6. The van der Waals surface area contributed by atoms with Crippen molar-refractivity contribution < 1.29 is 8.42 Å². The van der Waals surface area contributed by atoms with E-state index in [-0.39, 0.29) is 28.4 Å². The highest BCUT2D eigenvalue weighted by Gasteiger charge is 2.37. The zero-order valence-electron chi connectivity index (χ0n) is 18.4. The van der Waals surface area contributed by atoms with Gasteiger partial charge in [-0.05, 0) is 48.1 Å². The van der Waals surface area contributed by atoms with E-state index in [9.17, 15) is 13.2 Å². The number of fused-ring (bicyclic) bond motifs is 1. The molecule has 2 heterocycles. The van der Waals surface area contributed by atoms with Gasteiger partial charge in [0.25, 0.3) is 0 Å². The molecular weight excluding hydrogens is 388 g/mol. The Kier molecular flexibility index (Phi) is 5.98. The van der Waals surface area contributed by atoms with Gasteiger partial charge < -0.3 is 0 Å². The Morgan fingerprint density at radius 1 is 1.28 bits per heavy atom. The number of imidazole rings is 1. The summed E-state index contributed by atoms with van der Waals surface area (Å²) in [5.41, 5.74) is 2.63. The van der Waals surface area contributed by atoms with E-state index in [1.54, 1.807) is 11.6 Å². The number of pyridine rings is 1. The van der Waals surface area contributed by atoms with Gasteiger partial charge >= 0.3 is 5.69 Å². The molecule has 0 bridgehead atoms. The van der Waals surface area contributed by atoms with E-state index in [2.05, 4.69) is 39.3 Å². The van der Waals surface area contributed by atoms with Crippen molar-refractivity contribution in [2.45, 2.75) is 66.3 Å². The third kappa shape index (κ3) is 4.74. The number of aryl methyl sites for hydroxylation is 1. The first-order valence-corrected chi connectivity index (χ1v) is 11.5. The minimum absolute atomic E-state index is 0.00547. The molecule has 162 valence electrons. The molecule has 0 aliphatic heterocycles. The van der Waals surface area contributed by atoms with Gasteiger partial charge in [-0.25, -0.2) is 22.9 Å². The molecule has 1 saturated carbocycles. The number of hydrogen-bond acceptors (Lipinski definition) is 4. The summed E-state index contributed by atoms with van der Waals surface area (Å²) in [6, 6.07) is 4.06. The quantitative estimate of drug-likeness (QED) is 0.726. The number of thiol groups is 1. The van der Waals surface area contributed by atoms with Crippen molar-refractivity contribution in [1.82, 2.24) is 18.8 Å². The average Bonchev–Trinajstić information content (AvgIpc) is 2.83. The van der Waals surface area contributed by atoms with Crippen LogP contribution in [0.5, 0.6) is 0 Å². The maximum atomic E-state index is 12.8. The molecule has 3 rings (SSSR count). The zero-order valence-corrected chi connectivity index (χ0v) is 19.3. The van der Waals surface area contributed by atoms with Crippen molar-refractivity contribution in [2.24, 2.45) is 23.8 Å². The number of nitrogens with zero attached hydrogens (tertiary/aromatic N) is 3. The minimum Gasteiger partial charge on any atom is -0.290 e. The molecule has 1 N–H and O–H groups in total. The van der Waals surface area contributed by atoms with E-state index in [0.717, 1.165) is 36.1 Å². The van der Waals surface area contributed by atoms with E-state index in [4.69, 9.17) is 4.98 Å². The summed E-state index contributed by atoms with van der Waals surface area (Å²) in [4.78, 5) is 17.6. The Balaban J connectivity index is 1.92. The molecule has 0 radical (unpaired) electrons. The summed E-state index contributed by atoms with van der Waals surface area (Å²) >= 11 is 0. The van der Waals surface area contributed by atoms with Crippen LogP contribution in [-0.4, -0.2) is 29.1 Å². The molecule has 7 nitrogen and oxygen atoms in total. The first-order chi connectivity index (χ1) is 13.4. The highest BCUT2D eigenvalue weighted by atomic mass is 32.2. The van der Waals surface area contributed by atoms with Crippen LogP contribution in [-0.2, 0) is 24.5 Å². The van der Waals surface area contributed by atoms with E-state index >= 15 is 0 Å². The predicted octanol–water partition coefficient (Wildman–Crippen LogP) is 2.81. The molecule has 2 unspecified atom stereocenters. The van der Waals surface area contributed by atoms with Crippen LogP contribution in [0.1, 0.15) is 65.5 Å². The van der Waals surface area contributed by atoms with Crippen molar-refractivity contribution in [1.29, 1.82) is 0 Å². The second-order valence-electron chi connectivity index (χ2n) is 10.3. The molecule has 0 amide bonds. The third-order valence-corrected chi connectivity index (χ3v) is 6.77. The second kappa shape index (κ2) is 7.87. The molecular formula is C21H34N4O3S. The Morgan fingerprint density at radius 3 is 2.59 bits per heavy atom. The third-order valence-electron chi connectivity index (χ3n) is 6.33. The molecule has 2 aromatic rings. The van der Waals surface area contributed by atoms with Gasteiger partial charge in [-0.3, -0.25) is 9.13 Å². The van der Waals surface area contributed by atoms with Crippen molar-refractivity contribution >= 4 is 22.1 Å². The predicted molar refractivity (Wildman–Crippen MR) is 117 cm³/mol. The van der Waals surface area contributed by atoms with Gasteiger partial charge in [0.2, 0.25) is 10.9 Å². The van der Waals surface area contributed by atoms with E-state index in [1.807, 2.05) is 16.7 Å². The number of aromatic nitrogens is 3. The summed E-state index contributed by atoms with van der Waals surface area (Å²) < 4.78 is 28.1. The molecule has 1 aliphatic carbocycles. The summed E-state index contributed by atoms with van der Waals surface area (Å²) in [6.07, 6.45) is 2.92. The van der Waals surface area contributed by atoms with Gasteiger partial charge in [-0.1, -0.05) is 34.6 Å². The Labute approximate surface area is 174 Å². The van der Waals surface area contributed by atoms with E-state index < -0.39 is 10.9 Å². The summed E-state index contributed by atoms with van der Waals surface area (Å²) in [6.45, 7) is 11.9. The maximum Gasteiger partial charge on any atom is 0.330 e. The average molecular weight is 423 g/mol. The molecule has 2 atom stereocenters. The summed E-state index contributed by atoms with van der Waals surface area (Å²) in [5, 5.41) is 0. The summed E-state index contributed by atoms with van der Waals surface area (Å²) in [7, 11) is -0.802. The SMILES string of the molecule is Cn1c(=O)n(CC(C)(C)C)c2ccc(C3CCC(C)(C)C(CN[SH](=O)=O)C3)nc21. The van der Waals surface area contributed by atoms with Gasteiger partial charge in [0, 0.05) is 31.7 Å². The Morgan fingerprint density at radius 2 is 1.97 bits per heavy atom. The normalized spacial score (nSPS) is 22.4. The molecule has 2 aromatic heterocycles. The lowest BCUT2D eigenvalue weighted by atomic mass is 9.65. The van der Waals surface area contributed by atoms with Gasteiger partial charge in [-0.2, -0.15) is 0 Å². The van der Waals surface area contributed by atoms with Crippen molar-refractivity contribution in [3.05, 3.63) is 28.3 Å². The fourth-order valence-electron chi connectivity index (χ4n) is 4.49. The fourth-order valence-corrected chi connectivity index (χ4v) is 4.86. The Bertz CT molecular complexity index is 1020. The fraction of sp³-hybridized carbons (Fsp3) is 0.714. The number of rotatable bonds is 5. The topological polar surface area (TPSA) is 86.0 Å². The minimum atomic E-state index is -2.58. The van der Waals surface area contributed by atoms with Crippen molar-refractivity contribution in [2.75, 3.05) is 6.54 Å². The standard InChI is InChI=1S/C21H34N4O3S/c1-20(2,3)13-25-17-8-7-16(23-18(17)24(6)19(25)26)14-9-10-21(4,5)15(11-14)12-22-29(27)28/h7-8,14-15,29H,9-13H2,1-6H3,(H,22,27,28). The van der Waals surface area contributed by atoms with Gasteiger partial charge in [0.1, 0.15) is 0 Å². The van der Waals surface area contributed by atoms with Crippen LogP contribution >= 0.6 is 0 Å². The monoisotopic (exact) mass is 422 g/mol. The molecule has 1 aliphatic rings. The molecule has 29 heavy (non-hydrogen) atoms. The highest BCUT2D eigenvalue weighted by molar-refractivity contribution is 7.70. The number of hydrogen-bond donors (Lipinski definition) is 2. The first-order valence-electron chi connectivity index (χ1n) is 10.3. The lowest BCUT2D eigenvalue weighted by Crippen LogP contribution is -2.37. The largest absolute Gasteiger partial charge is 0.330 e. The highest BCUT2D eigenvalue weighted by Crippen LogP contribution is 2.46. The lowest BCUT2D eigenvalue weighted by Gasteiger charge is -2.42. The lowest BCUT2D eigenvalue weighted by molar-refractivity contribution is 0.125. The van der Waals surface area contributed by atoms with Crippen molar-refractivity contribution in [3.63, 3.8) is 0 Å². The molecule has 0 saturated heterocycles. The second-order valence-corrected chi connectivity index (χ2v) is 11.2. The van der Waals surface area contributed by atoms with Crippen LogP contribution < -0.4 is 10.4 Å². The van der Waals surface area contributed by atoms with E-state index in [0.29, 0.717) is 13.1 Å². The van der Waals surface area contributed by atoms with Crippen LogP contribution in [0, 0.1) is 16.7 Å². The molecule has 0 aromatic carbocycles. The van der Waals surface area contributed by atoms with Crippen LogP contribution in [0.25, 0.3) is 11.2 Å². The first kappa shape index (κ1) is 22.0. The van der Waals surface area contributed by atoms with E-state index in [1.165, 1.54) is 0 Å². The molecule has 1 fully saturated rings. The van der Waals surface area contributed by atoms with Crippen LogP contribution in [0.2, 0.25) is 0 Å². The summed E-state index contributed by atoms with van der Waals surface area (Å²) in [5.74, 6) is 0.519. The van der Waals surface area contributed by atoms with Gasteiger partial charge in [0.15, 0.2) is 5.65 Å². The maximum absolute atomic E-state index is 12.8. The Hall–Kier alpha value is -1.67. The molecule has 0 spiro atoms. The van der Waals surface area contributed by atoms with Crippen LogP contribution in [0.15, 0.2) is 16.9 Å². The van der Waals surface area contributed by atoms with Crippen LogP contribution in [0.4, 0.5) is 0 Å². The van der Waals surface area contributed by atoms with Crippen LogP contribution in [0.3, 0.4) is 0 Å². The van der Waals surface area contributed by atoms with Crippen molar-refractivity contribution in [3.8, 4) is 0 Å². The van der Waals surface area contributed by atoms with Gasteiger partial charge in [-0.15, -0.1) is 0 Å². The smallest absolute Gasteiger partial charge is 0.290 e. The van der Waals surface area contributed by atoms with Gasteiger partial charge in [0.05, 0.1) is 5.52 Å².